The molecule has 0 saturated carbocycles. The first-order valence-corrected chi connectivity index (χ1v) is 9.36. The molecule has 0 aliphatic rings. The lowest BCUT2D eigenvalue weighted by Gasteiger charge is -2.07. The monoisotopic (exact) mass is 411 g/mol. The van der Waals surface area contributed by atoms with Gasteiger partial charge in [0.2, 0.25) is 5.78 Å². The van der Waals surface area contributed by atoms with E-state index in [1.807, 2.05) is 24.3 Å². The fraction of sp³-hybridized carbons (Fsp3) is 0. The van der Waals surface area contributed by atoms with Crippen LogP contribution < -0.4 is 0 Å². The predicted octanol–water partition coefficient (Wildman–Crippen LogP) is 5.29. The Kier molecular flexibility index (Phi) is 4.01. The first-order valence-electron chi connectivity index (χ1n) is 9.36. The molecule has 0 bridgehead atoms. The maximum Gasteiger partial charge on any atom is 0.286 e. The van der Waals surface area contributed by atoms with Gasteiger partial charge in [0.25, 0.3) is 11.4 Å². The average molecular weight is 411 g/mol. The van der Waals surface area contributed by atoms with Crippen LogP contribution in [0.3, 0.4) is 0 Å². The highest BCUT2D eigenvalue weighted by molar-refractivity contribution is 6.22. The van der Waals surface area contributed by atoms with E-state index in [1.165, 1.54) is 6.07 Å². The molecule has 2 aromatic heterocycles. The van der Waals surface area contributed by atoms with Crippen LogP contribution in [0.4, 0.5) is 11.4 Å². The molecular formula is C23H13N3O5. The third-order valence-corrected chi connectivity index (χ3v) is 5.34. The summed E-state index contributed by atoms with van der Waals surface area (Å²) in [7, 11) is 0. The minimum Gasteiger partial charge on any atom is -0.305 e. The number of aromatic nitrogens is 1. The Balaban J connectivity index is 2.05. The normalized spacial score (nSPS) is 11.2. The van der Waals surface area contributed by atoms with E-state index in [-0.39, 0.29) is 16.5 Å². The van der Waals surface area contributed by atoms with Crippen LogP contribution in [0.25, 0.3) is 27.2 Å². The van der Waals surface area contributed by atoms with Gasteiger partial charge in [-0.1, -0.05) is 54.6 Å². The van der Waals surface area contributed by atoms with Crippen LogP contribution in [0.2, 0.25) is 0 Å². The topological polar surface area (TPSA) is 108 Å². The summed E-state index contributed by atoms with van der Waals surface area (Å²) in [5.74, 6) is -0.404. The van der Waals surface area contributed by atoms with Gasteiger partial charge in [0.15, 0.2) is 0 Å². The van der Waals surface area contributed by atoms with Crippen molar-refractivity contribution in [2.24, 2.45) is 0 Å². The standard InChI is InChI=1S/C23H13N3O5/c27-23(15-7-2-1-3-8-15)22-21-17(12-16(25(28)29)13-20(21)26(30)31)19-11-10-14-6-4-5-9-18(14)24(19)22/h1-13H. The summed E-state index contributed by atoms with van der Waals surface area (Å²) in [4.78, 5) is 35.6. The van der Waals surface area contributed by atoms with E-state index in [0.717, 1.165) is 11.5 Å². The molecule has 31 heavy (non-hydrogen) atoms. The third kappa shape index (κ3) is 2.73. The molecule has 0 saturated heterocycles. The molecule has 5 rings (SSSR count). The van der Waals surface area contributed by atoms with Crippen LogP contribution in [0.1, 0.15) is 16.1 Å². The molecule has 0 fully saturated rings. The van der Waals surface area contributed by atoms with Gasteiger partial charge in [-0.2, -0.15) is 0 Å². The molecule has 0 aliphatic carbocycles. The van der Waals surface area contributed by atoms with Gasteiger partial charge in [0, 0.05) is 17.0 Å². The van der Waals surface area contributed by atoms with Crippen LogP contribution in [0.5, 0.6) is 0 Å². The van der Waals surface area contributed by atoms with Gasteiger partial charge in [-0.25, -0.2) is 0 Å². The number of non-ortho nitro benzene ring substituents is 2. The van der Waals surface area contributed by atoms with Gasteiger partial charge in [0.1, 0.15) is 5.69 Å². The van der Waals surface area contributed by atoms with Gasteiger partial charge < -0.3 is 4.40 Å². The van der Waals surface area contributed by atoms with Crippen molar-refractivity contribution < 1.29 is 14.6 Å². The van der Waals surface area contributed by atoms with Crippen molar-refractivity contribution in [2.75, 3.05) is 0 Å². The van der Waals surface area contributed by atoms with Crippen molar-refractivity contribution in [3.63, 3.8) is 0 Å². The van der Waals surface area contributed by atoms with Crippen LogP contribution in [0.15, 0.2) is 78.9 Å². The molecule has 0 atom stereocenters. The number of hydrogen-bond acceptors (Lipinski definition) is 5. The number of nitro groups is 2. The number of carbonyl (C=O) groups excluding carboxylic acids is 1. The molecule has 3 aromatic carbocycles. The number of benzene rings is 3. The Labute approximate surface area is 174 Å². The van der Waals surface area contributed by atoms with E-state index in [4.69, 9.17) is 0 Å². The highest BCUT2D eigenvalue weighted by Gasteiger charge is 2.30. The zero-order chi connectivity index (χ0) is 21.7. The largest absolute Gasteiger partial charge is 0.305 e. The molecule has 0 radical (unpaired) electrons. The number of rotatable bonds is 4. The van der Waals surface area contributed by atoms with Crippen LogP contribution >= 0.6 is 0 Å². The van der Waals surface area contributed by atoms with Crippen LogP contribution in [0, 0.1) is 20.2 Å². The molecule has 0 spiro atoms. The molecule has 0 unspecified atom stereocenters. The number of nitro benzene ring substituents is 2. The summed E-state index contributed by atoms with van der Waals surface area (Å²) < 4.78 is 1.66. The lowest BCUT2D eigenvalue weighted by Crippen LogP contribution is -2.07. The van der Waals surface area contributed by atoms with E-state index in [1.54, 1.807) is 46.9 Å². The van der Waals surface area contributed by atoms with Gasteiger partial charge in [-0.05, 0) is 17.5 Å². The Hall–Kier alpha value is -4.59. The quantitative estimate of drug-likeness (QED) is 0.227. The lowest BCUT2D eigenvalue weighted by molar-refractivity contribution is -0.393. The van der Waals surface area contributed by atoms with Crippen LogP contribution in [-0.4, -0.2) is 20.0 Å². The Bertz CT molecular complexity index is 1550. The number of nitrogens with zero attached hydrogens (tertiary/aromatic N) is 3. The molecule has 2 heterocycles. The molecule has 5 aromatic rings. The summed E-state index contributed by atoms with van der Waals surface area (Å²) >= 11 is 0. The summed E-state index contributed by atoms with van der Waals surface area (Å²) in [5.41, 5.74) is 0.751. The van der Waals surface area contributed by atoms with Crippen molar-refractivity contribution in [1.29, 1.82) is 0 Å². The van der Waals surface area contributed by atoms with E-state index in [9.17, 15) is 25.0 Å². The zero-order valence-electron chi connectivity index (χ0n) is 15.9. The molecule has 0 N–H and O–H groups in total. The summed E-state index contributed by atoms with van der Waals surface area (Å²) in [5, 5.41) is 24.5. The van der Waals surface area contributed by atoms with Gasteiger partial charge in [0.05, 0.1) is 32.3 Å². The SMILES string of the molecule is O=C(c1ccccc1)c1c2c([N+](=O)[O-])cc([N+](=O)[O-])cc2c2ccc3ccccc3n12. The molecule has 8 heteroatoms. The summed E-state index contributed by atoms with van der Waals surface area (Å²) in [6.45, 7) is 0. The number of para-hydroxylation sites is 1. The highest BCUT2D eigenvalue weighted by Crippen LogP contribution is 2.40. The van der Waals surface area contributed by atoms with Crippen molar-refractivity contribution >= 4 is 44.4 Å². The van der Waals surface area contributed by atoms with Crippen molar-refractivity contribution in [3.05, 3.63) is 110 Å². The van der Waals surface area contributed by atoms with E-state index in [0.29, 0.717) is 16.6 Å². The Morgan fingerprint density at radius 2 is 1.48 bits per heavy atom. The van der Waals surface area contributed by atoms with E-state index >= 15 is 0 Å². The molecule has 0 aliphatic heterocycles. The molecule has 150 valence electrons. The second-order valence-corrected chi connectivity index (χ2v) is 7.06. The van der Waals surface area contributed by atoms with Crippen LogP contribution in [-0.2, 0) is 0 Å². The van der Waals surface area contributed by atoms with Crippen molar-refractivity contribution in [3.8, 4) is 0 Å². The summed E-state index contributed by atoms with van der Waals surface area (Å²) in [6, 6.07) is 21.5. The highest BCUT2D eigenvalue weighted by atomic mass is 16.6. The predicted molar refractivity (Wildman–Crippen MR) is 116 cm³/mol. The molecule has 0 amide bonds. The van der Waals surface area contributed by atoms with Gasteiger partial charge >= 0.3 is 0 Å². The lowest BCUT2D eigenvalue weighted by atomic mass is 10.0. The molecule has 8 nitrogen and oxygen atoms in total. The number of hydrogen-bond donors (Lipinski definition) is 0. The second-order valence-electron chi connectivity index (χ2n) is 7.06. The van der Waals surface area contributed by atoms with Crippen molar-refractivity contribution in [1.82, 2.24) is 4.40 Å². The zero-order valence-corrected chi connectivity index (χ0v) is 15.9. The van der Waals surface area contributed by atoms with E-state index in [2.05, 4.69) is 0 Å². The van der Waals surface area contributed by atoms with Gasteiger partial charge in [-0.15, -0.1) is 0 Å². The number of carbonyl (C=O) groups is 1. The maximum atomic E-state index is 13.6. The first-order chi connectivity index (χ1) is 15.0. The number of pyridine rings is 1. The average Bonchev–Trinajstić information content (AvgIpc) is 3.13. The minimum absolute atomic E-state index is 0.0841. The van der Waals surface area contributed by atoms with Crippen molar-refractivity contribution in [2.45, 2.75) is 0 Å². The Morgan fingerprint density at radius 3 is 2.19 bits per heavy atom. The number of fused-ring (bicyclic) bond motifs is 5. The first kappa shape index (κ1) is 18.4. The van der Waals surface area contributed by atoms with Gasteiger partial charge in [-0.3, -0.25) is 25.0 Å². The molecular weight excluding hydrogens is 398 g/mol. The fourth-order valence-electron chi connectivity index (χ4n) is 4.02. The number of ketones is 1. The fourth-order valence-corrected chi connectivity index (χ4v) is 4.02. The smallest absolute Gasteiger partial charge is 0.286 e. The minimum atomic E-state index is -0.682. The second kappa shape index (κ2) is 6.74. The maximum absolute atomic E-state index is 13.6. The summed E-state index contributed by atoms with van der Waals surface area (Å²) in [6.07, 6.45) is 0. The van der Waals surface area contributed by atoms with E-state index < -0.39 is 27.0 Å². The Morgan fingerprint density at radius 1 is 0.774 bits per heavy atom. The third-order valence-electron chi connectivity index (χ3n) is 5.34.